The van der Waals surface area contributed by atoms with E-state index in [1.165, 1.54) is 48.7 Å². The van der Waals surface area contributed by atoms with Crippen LogP contribution in [0.15, 0.2) is 66.8 Å². The highest BCUT2D eigenvalue weighted by atomic mass is 16.5. The molecule has 0 saturated heterocycles. The Morgan fingerprint density at radius 1 is 0.862 bits per heavy atom. The number of phenolic OH excluding ortho intramolecular Hbond substituents is 2. The Labute approximate surface area is 160 Å². The summed E-state index contributed by atoms with van der Waals surface area (Å²) < 4.78 is 16.2. The summed E-state index contributed by atoms with van der Waals surface area (Å²) in [6.07, 6.45) is 1.23. The molecule has 0 saturated carbocycles. The number of phenols is 2. The molecule has 0 aliphatic rings. The van der Waals surface area contributed by atoms with Crippen molar-refractivity contribution in [1.82, 2.24) is 0 Å². The Morgan fingerprint density at radius 2 is 1.52 bits per heavy atom. The van der Waals surface area contributed by atoms with Gasteiger partial charge in [0, 0.05) is 17.7 Å². The van der Waals surface area contributed by atoms with Crippen molar-refractivity contribution in [2.45, 2.75) is 0 Å². The van der Waals surface area contributed by atoms with E-state index in [9.17, 15) is 24.9 Å². The minimum absolute atomic E-state index is 0.0102. The molecule has 0 atom stereocenters. The maximum absolute atomic E-state index is 12.6. The Morgan fingerprint density at radius 3 is 2.24 bits per heavy atom. The summed E-state index contributed by atoms with van der Waals surface area (Å²) in [6.45, 7) is 0. The normalized spacial score (nSPS) is 11.4. The lowest BCUT2D eigenvalue weighted by atomic mass is 10.0. The van der Waals surface area contributed by atoms with Gasteiger partial charge >= 0.3 is 16.8 Å². The van der Waals surface area contributed by atoms with E-state index in [4.69, 9.17) is 13.3 Å². The van der Waals surface area contributed by atoms with Gasteiger partial charge in [-0.3, -0.25) is 13.6 Å². The van der Waals surface area contributed by atoms with Crippen LogP contribution in [0.4, 0.5) is 0 Å². The van der Waals surface area contributed by atoms with Gasteiger partial charge in [-0.2, -0.15) is 0 Å². The highest BCUT2D eigenvalue weighted by molar-refractivity contribution is 6.00. The van der Waals surface area contributed by atoms with Crippen LogP contribution in [0.25, 0.3) is 44.2 Å². The van der Waals surface area contributed by atoms with Crippen LogP contribution in [0, 0.1) is 0 Å². The number of benzene rings is 2. The summed E-state index contributed by atoms with van der Waals surface area (Å²) in [7, 11) is 0. The Bertz CT molecular complexity index is 1580. The van der Waals surface area contributed by atoms with E-state index >= 15 is 0 Å². The van der Waals surface area contributed by atoms with Crippen LogP contribution in [0.2, 0.25) is 0 Å². The van der Waals surface area contributed by atoms with Gasteiger partial charge in [-0.05, 0) is 24.3 Å². The molecule has 142 valence electrons. The maximum Gasteiger partial charge on any atom is 0.542 e. The molecule has 3 heterocycles. The van der Waals surface area contributed by atoms with Crippen LogP contribution in [0.5, 0.6) is 17.2 Å². The van der Waals surface area contributed by atoms with Gasteiger partial charge in [0.05, 0.1) is 11.5 Å². The molecule has 0 aliphatic carbocycles. The quantitative estimate of drug-likeness (QED) is 0.226. The summed E-state index contributed by atoms with van der Waals surface area (Å²) in [4.78, 5) is 23.5. The average Bonchev–Trinajstić information content (AvgIpc) is 2.67. The van der Waals surface area contributed by atoms with Gasteiger partial charge in [0.25, 0.3) is 5.58 Å². The predicted octanol–water partition coefficient (Wildman–Crippen LogP) is 3.35. The van der Waals surface area contributed by atoms with Gasteiger partial charge in [-0.1, -0.05) is 0 Å². The fraction of sp³-hybridized carbons (Fsp3) is 0. The second kappa shape index (κ2) is 5.83. The van der Waals surface area contributed by atoms with E-state index in [2.05, 4.69) is 0 Å². The standard InChI is InChI=1S/C21H10O8/c22-9-1-3-11-14(7-9)28-20(26)16(18(11)24)13-5-6-27-21-17(13)19(25)12-4-2-10(23)8-15(12)29-21/h1-8H,(H2-,22,23,24,25,26)/p+2. The number of aromatic hydroxyl groups is 3. The zero-order valence-electron chi connectivity index (χ0n) is 14.5. The molecule has 0 spiro atoms. The van der Waals surface area contributed by atoms with Crippen LogP contribution in [0.1, 0.15) is 0 Å². The molecule has 0 radical (unpaired) electrons. The molecule has 4 N–H and O–H groups in total. The molecule has 5 aromatic rings. The minimum Gasteiger partial charge on any atom is -0.508 e. The molecule has 0 fully saturated rings. The van der Waals surface area contributed by atoms with E-state index in [0.29, 0.717) is 0 Å². The summed E-state index contributed by atoms with van der Waals surface area (Å²) in [6, 6.07) is 9.49. The molecule has 5 rings (SSSR count). The van der Waals surface area contributed by atoms with Crippen LogP contribution < -0.4 is 11.1 Å². The van der Waals surface area contributed by atoms with E-state index in [1.54, 1.807) is 0 Å². The molecule has 0 aliphatic heterocycles. The molecule has 2 aromatic carbocycles. The third-order valence-corrected chi connectivity index (χ3v) is 4.68. The molecule has 8 heteroatoms. The largest absolute Gasteiger partial charge is 0.542 e. The van der Waals surface area contributed by atoms with Gasteiger partial charge in [-0.25, -0.2) is 4.79 Å². The van der Waals surface area contributed by atoms with Gasteiger partial charge in [0.15, 0.2) is 5.39 Å². The number of hydrogen-bond donors (Lipinski definition) is 3. The number of fused-ring (bicyclic) bond motifs is 3. The van der Waals surface area contributed by atoms with Crippen molar-refractivity contribution in [2.75, 3.05) is 0 Å². The third kappa shape index (κ3) is 2.43. The van der Waals surface area contributed by atoms with Gasteiger partial charge in [0.1, 0.15) is 28.4 Å². The first-order chi connectivity index (χ1) is 13.9. The summed E-state index contributed by atoms with van der Waals surface area (Å²) in [5, 5.41) is 30.5. The van der Waals surface area contributed by atoms with Crippen LogP contribution in [0.3, 0.4) is 0 Å². The fourth-order valence-corrected chi connectivity index (χ4v) is 3.36. The molecule has 0 amide bonds. The summed E-state index contributed by atoms with van der Waals surface area (Å²) in [5.41, 5.74) is -1.03. The molecular formula is C21H12O8+2. The zero-order chi connectivity index (χ0) is 20.3. The van der Waals surface area contributed by atoms with E-state index < -0.39 is 5.63 Å². The molecule has 3 aromatic heterocycles. The first-order valence-electron chi connectivity index (χ1n) is 8.45. The highest BCUT2D eigenvalue weighted by Gasteiger charge is 2.29. The minimum atomic E-state index is -0.877. The van der Waals surface area contributed by atoms with Gasteiger partial charge in [-0.15, -0.1) is 0 Å². The second-order valence-corrected chi connectivity index (χ2v) is 6.42. The zero-order valence-corrected chi connectivity index (χ0v) is 14.5. The van der Waals surface area contributed by atoms with Crippen molar-refractivity contribution in [1.29, 1.82) is 0 Å². The molecular weight excluding hydrogens is 380 g/mol. The number of hydrogen-bond acceptors (Lipinski definition) is 6. The summed E-state index contributed by atoms with van der Waals surface area (Å²) in [5.74, 6) is -0.688. The van der Waals surface area contributed by atoms with E-state index in [0.717, 1.165) is 0 Å². The second-order valence-electron chi connectivity index (χ2n) is 6.42. The average molecular weight is 392 g/mol. The molecule has 8 nitrogen and oxygen atoms in total. The first-order valence-corrected chi connectivity index (χ1v) is 8.45. The van der Waals surface area contributed by atoms with Crippen molar-refractivity contribution in [3.63, 3.8) is 0 Å². The summed E-state index contributed by atoms with van der Waals surface area (Å²) >= 11 is 0. The van der Waals surface area contributed by atoms with Crippen LogP contribution in [-0.2, 0) is 0 Å². The van der Waals surface area contributed by atoms with Gasteiger partial charge < -0.3 is 19.7 Å². The monoisotopic (exact) mass is 392 g/mol. The molecule has 0 unspecified atom stereocenters. The number of rotatable bonds is 1. The van der Waals surface area contributed by atoms with E-state index in [-0.39, 0.29) is 66.9 Å². The van der Waals surface area contributed by atoms with Crippen molar-refractivity contribution in [3.05, 3.63) is 64.6 Å². The maximum atomic E-state index is 12.6. The van der Waals surface area contributed by atoms with Crippen LogP contribution >= 0.6 is 0 Å². The lowest BCUT2D eigenvalue weighted by molar-refractivity contribution is 0.464. The van der Waals surface area contributed by atoms with Crippen molar-refractivity contribution >= 4 is 33.1 Å². The first kappa shape index (κ1) is 16.8. The van der Waals surface area contributed by atoms with Crippen molar-refractivity contribution in [2.24, 2.45) is 0 Å². The molecule has 29 heavy (non-hydrogen) atoms. The SMILES string of the molecule is O=c1oc2cc(O)ccc2c(O)c1-c1cc[o+]c2oc3cc(O)ccc3c(=[OH+])c12. The Hall–Kier alpha value is -4.33. The molecule has 0 bridgehead atoms. The van der Waals surface area contributed by atoms with E-state index in [1.807, 2.05) is 0 Å². The highest BCUT2D eigenvalue weighted by Crippen LogP contribution is 2.37. The van der Waals surface area contributed by atoms with Crippen molar-refractivity contribution in [3.8, 4) is 28.4 Å². The topological polar surface area (TPSA) is 137 Å². The third-order valence-electron chi connectivity index (χ3n) is 4.68. The fourth-order valence-electron chi connectivity index (χ4n) is 3.36. The van der Waals surface area contributed by atoms with Crippen LogP contribution in [-0.4, -0.2) is 20.1 Å². The van der Waals surface area contributed by atoms with Crippen molar-refractivity contribution < 1.29 is 33.4 Å². The van der Waals surface area contributed by atoms with Gasteiger partial charge in [0.2, 0.25) is 11.6 Å². The lowest BCUT2D eigenvalue weighted by Gasteiger charge is -2.06. The predicted molar refractivity (Wildman–Crippen MR) is 102 cm³/mol. The lowest BCUT2D eigenvalue weighted by Crippen LogP contribution is -2.09. The Kier molecular flexibility index (Phi) is 3.38. The Balaban J connectivity index is 1.94. The smallest absolute Gasteiger partial charge is 0.508 e.